The minimum Gasteiger partial charge on any atom is -0.340 e. The molecule has 2 aromatic rings. The second-order valence-electron chi connectivity index (χ2n) is 5.48. The van der Waals surface area contributed by atoms with Crippen LogP contribution in [0, 0.1) is 5.41 Å². The fourth-order valence-electron chi connectivity index (χ4n) is 1.68. The Morgan fingerprint density at radius 1 is 1.00 bits per heavy atom. The Kier molecular flexibility index (Phi) is 3.65. The van der Waals surface area contributed by atoms with Crippen molar-refractivity contribution in [3.63, 3.8) is 0 Å². The van der Waals surface area contributed by atoms with Gasteiger partial charge in [-0.2, -0.15) is 0 Å². The Balaban J connectivity index is 2.23. The second-order valence-corrected chi connectivity index (χ2v) is 5.48. The van der Waals surface area contributed by atoms with Crippen LogP contribution in [0.2, 0.25) is 0 Å². The number of Topliss-reactive ketones (excluding diaryl/α,β-unsaturated/α-hetero) is 1. The highest BCUT2D eigenvalue weighted by molar-refractivity contribution is 5.98. The third-order valence-corrected chi connectivity index (χ3v) is 2.71. The van der Waals surface area contributed by atoms with E-state index in [1.807, 2.05) is 63.2 Å². The van der Waals surface area contributed by atoms with E-state index in [1.165, 1.54) is 0 Å². The van der Waals surface area contributed by atoms with Crippen LogP contribution in [0.5, 0.6) is 0 Å². The second kappa shape index (κ2) is 5.22. The summed E-state index contributed by atoms with van der Waals surface area (Å²) in [5.41, 5.74) is 1.03. The summed E-state index contributed by atoms with van der Waals surface area (Å²) in [5.74, 6) is 0.727. The van der Waals surface area contributed by atoms with Crippen molar-refractivity contribution in [2.45, 2.75) is 20.8 Å². The number of hydrogen-bond acceptors (Lipinski definition) is 3. The molecule has 0 unspecified atom stereocenters. The first kappa shape index (κ1) is 13.3. The number of pyridine rings is 1. The van der Waals surface area contributed by atoms with Gasteiger partial charge in [0.25, 0.3) is 0 Å². The van der Waals surface area contributed by atoms with Gasteiger partial charge in [0, 0.05) is 11.1 Å². The van der Waals surface area contributed by atoms with E-state index >= 15 is 0 Å². The summed E-state index contributed by atoms with van der Waals surface area (Å²) in [7, 11) is 0. The lowest BCUT2D eigenvalue weighted by atomic mass is 9.89. The zero-order valence-corrected chi connectivity index (χ0v) is 11.5. The third kappa shape index (κ3) is 3.41. The van der Waals surface area contributed by atoms with Gasteiger partial charge in [-0.3, -0.25) is 4.79 Å². The highest BCUT2D eigenvalue weighted by Crippen LogP contribution is 2.21. The first-order valence-corrected chi connectivity index (χ1v) is 6.31. The Hall–Kier alpha value is -2.16. The number of carbonyl (C=O) groups excluding carboxylic acids is 1. The molecule has 0 aliphatic carbocycles. The number of rotatable bonds is 3. The number of aromatic nitrogens is 1. The minimum atomic E-state index is -0.418. The molecule has 1 aromatic heterocycles. The van der Waals surface area contributed by atoms with Crippen LogP contribution in [0.15, 0.2) is 48.5 Å². The molecular formula is C16H18N2O. The van der Waals surface area contributed by atoms with E-state index in [-0.39, 0.29) is 5.78 Å². The number of nitrogens with one attached hydrogen (secondary N) is 1. The highest BCUT2D eigenvalue weighted by Gasteiger charge is 2.24. The normalized spacial score (nSPS) is 11.1. The van der Waals surface area contributed by atoms with E-state index in [4.69, 9.17) is 0 Å². The van der Waals surface area contributed by atoms with E-state index < -0.39 is 5.41 Å². The van der Waals surface area contributed by atoms with E-state index in [1.54, 1.807) is 6.07 Å². The lowest BCUT2D eigenvalue weighted by Gasteiger charge is -2.16. The summed E-state index contributed by atoms with van der Waals surface area (Å²) in [6.07, 6.45) is 0. The molecule has 1 heterocycles. The maximum atomic E-state index is 12.2. The molecule has 2 rings (SSSR count). The van der Waals surface area contributed by atoms with Gasteiger partial charge in [-0.15, -0.1) is 0 Å². The maximum absolute atomic E-state index is 12.2. The van der Waals surface area contributed by atoms with Crippen molar-refractivity contribution in [3.8, 4) is 0 Å². The van der Waals surface area contributed by atoms with Crippen LogP contribution < -0.4 is 5.32 Å². The Labute approximate surface area is 113 Å². The number of carbonyl (C=O) groups is 1. The van der Waals surface area contributed by atoms with Crippen LogP contribution in [0.1, 0.15) is 31.3 Å². The van der Waals surface area contributed by atoms with Crippen LogP contribution >= 0.6 is 0 Å². The third-order valence-electron chi connectivity index (χ3n) is 2.71. The minimum absolute atomic E-state index is 0.0456. The van der Waals surface area contributed by atoms with Crippen LogP contribution in [0.3, 0.4) is 0 Å². The van der Waals surface area contributed by atoms with Crippen LogP contribution in [0.25, 0.3) is 0 Å². The molecule has 3 nitrogen and oxygen atoms in total. The molecule has 0 saturated heterocycles. The first-order valence-electron chi connectivity index (χ1n) is 6.31. The summed E-state index contributed by atoms with van der Waals surface area (Å²) in [6.45, 7) is 5.69. The van der Waals surface area contributed by atoms with Crippen molar-refractivity contribution in [1.29, 1.82) is 0 Å². The molecule has 3 heteroatoms. The highest BCUT2D eigenvalue weighted by atomic mass is 16.1. The molecule has 0 saturated carbocycles. The van der Waals surface area contributed by atoms with E-state index in [9.17, 15) is 4.79 Å². The van der Waals surface area contributed by atoms with Crippen molar-refractivity contribution in [2.24, 2.45) is 5.41 Å². The largest absolute Gasteiger partial charge is 0.340 e. The summed E-state index contributed by atoms with van der Waals surface area (Å²) in [4.78, 5) is 16.6. The Bertz CT molecular complexity index is 571. The number of para-hydroxylation sites is 1. The van der Waals surface area contributed by atoms with Gasteiger partial charge in [0.2, 0.25) is 0 Å². The lowest BCUT2D eigenvalue weighted by Crippen LogP contribution is -2.21. The molecule has 0 spiro atoms. The monoisotopic (exact) mass is 254 g/mol. The molecule has 1 N–H and O–H groups in total. The Morgan fingerprint density at radius 3 is 2.32 bits per heavy atom. The van der Waals surface area contributed by atoms with Crippen molar-refractivity contribution < 1.29 is 4.79 Å². The molecule has 0 atom stereocenters. The lowest BCUT2D eigenvalue weighted by molar-refractivity contribution is 0.0853. The molecule has 0 amide bonds. The van der Waals surface area contributed by atoms with E-state index in [0.717, 1.165) is 5.69 Å². The molecule has 0 fully saturated rings. The zero-order valence-electron chi connectivity index (χ0n) is 11.5. The van der Waals surface area contributed by atoms with Crippen LogP contribution in [-0.2, 0) is 0 Å². The smallest absolute Gasteiger partial charge is 0.186 e. The van der Waals surface area contributed by atoms with Gasteiger partial charge in [-0.25, -0.2) is 4.98 Å². The summed E-state index contributed by atoms with van der Waals surface area (Å²) >= 11 is 0. The van der Waals surface area contributed by atoms with E-state index in [2.05, 4.69) is 10.3 Å². The van der Waals surface area contributed by atoms with Gasteiger partial charge >= 0.3 is 0 Å². The summed E-state index contributed by atoms with van der Waals surface area (Å²) in [5, 5.41) is 3.19. The fourth-order valence-corrected chi connectivity index (χ4v) is 1.68. The molecule has 0 bridgehead atoms. The van der Waals surface area contributed by atoms with Gasteiger partial charge < -0.3 is 5.32 Å². The van der Waals surface area contributed by atoms with Gasteiger partial charge in [0.1, 0.15) is 11.5 Å². The quantitative estimate of drug-likeness (QED) is 0.840. The first-order chi connectivity index (χ1) is 8.97. The van der Waals surface area contributed by atoms with Crippen molar-refractivity contribution in [3.05, 3.63) is 54.2 Å². The molecule has 98 valence electrons. The summed E-state index contributed by atoms with van der Waals surface area (Å²) < 4.78 is 0. The van der Waals surface area contributed by atoms with Crippen molar-refractivity contribution in [1.82, 2.24) is 4.98 Å². The van der Waals surface area contributed by atoms with Gasteiger partial charge in [0.15, 0.2) is 5.78 Å². The number of nitrogens with zero attached hydrogens (tertiary/aromatic N) is 1. The van der Waals surface area contributed by atoms with Crippen molar-refractivity contribution >= 4 is 17.3 Å². The predicted molar refractivity (Wildman–Crippen MR) is 77.7 cm³/mol. The zero-order chi connectivity index (χ0) is 13.9. The molecule has 0 aliphatic rings. The average molecular weight is 254 g/mol. The van der Waals surface area contributed by atoms with Gasteiger partial charge in [0.05, 0.1) is 0 Å². The van der Waals surface area contributed by atoms with E-state index in [0.29, 0.717) is 11.5 Å². The Morgan fingerprint density at radius 2 is 1.68 bits per heavy atom. The van der Waals surface area contributed by atoms with Gasteiger partial charge in [-0.05, 0) is 24.3 Å². The molecule has 19 heavy (non-hydrogen) atoms. The molecular weight excluding hydrogens is 236 g/mol. The fraction of sp³-hybridized carbons (Fsp3) is 0.250. The number of anilines is 2. The topological polar surface area (TPSA) is 42.0 Å². The van der Waals surface area contributed by atoms with Gasteiger partial charge in [-0.1, -0.05) is 45.0 Å². The van der Waals surface area contributed by atoms with Crippen LogP contribution in [0.4, 0.5) is 11.5 Å². The molecule has 1 aromatic carbocycles. The average Bonchev–Trinajstić information content (AvgIpc) is 2.38. The maximum Gasteiger partial charge on any atom is 0.186 e. The molecule has 0 aliphatic heterocycles. The van der Waals surface area contributed by atoms with Crippen LogP contribution in [-0.4, -0.2) is 10.8 Å². The standard InChI is InChI=1S/C16H18N2O/c1-16(2,3)15(19)13-10-7-11-14(18-13)17-12-8-5-4-6-9-12/h4-11H,1-3H3,(H,17,18). The van der Waals surface area contributed by atoms with Crippen molar-refractivity contribution in [2.75, 3.05) is 5.32 Å². The number of hydrogen-bond donors (Lipinski definition) is 1. The molecule has 0 radical (unpaired) electrons. The summed E-state index contributed by atoms with van der Waals surface area (Å²) in [6, 6.07) is 15.2. The SMILES string of the molecule is CC(C)(C)C(=O)c1cccc(Nc2ccccc2)n1. The predicted octanol–water partition coefficient (Wildman–Crippen LogP) is 4.05. The number of benzene rings is 1. The number of ketones is 1.